The third kappa shape index (κ3) is 5.31. The Balaban J connectivity index is 1.56. The van der Waals surface area contributed by atoms with Crippen LogP contribution in [0.1, 0.15) is 11.1 Å². The quantitative estimate of drug-likeness (QED) is 0.910. The zero-order valence-corrected chi connectivity index (χ0v) is 14.5. The van der Waals surface area contributed by atoms with E-state index >= 15 is 0 Å². The van der Waals surface area contributed by atoms with Crippen molar-refractivity contribution in [3.63, 3.8) is 0 Å². The molecule has 0 bridgehead atoms. The van der Waals surface area contributed by atoms with Gasteiger partial charge in [-0.2, -0.15) is 0 Å². The topological polar surface area (TPSA) is 50.8 Å². The molecule has 5 heteroatoms. The van der Waals surface area contributed by atoms with E-state index in [9.17, 15) is 4.79 Å². The van der Waals surface area contributed by atoms with Gasteiger partial charge in [-0.25, -0.2) is 4.79 Å². The average Bonchev–Trinajstić information content (AvgIpc) is 2.63. The monoisotopic (exact) mass is 340 g/mol. The number of rotatable bonds is 5. The minimum atomic E-state index is -0.147. The first kappa shape index (κ1) is 17.5. The summed E-state index contributed by atoms with van der Waals surface area (Å²) in [6, 6.07) is 18.1. The lowest BCUT2D eigenvalue weighted by Gasteiger charge is -2.27. The van der Waals surface area contributed by atoms with Crippen LogP contribution in [0.15, 0.2) is 54.6 Å². The number of amides is 2. The molecule has 3 rings (SSSR count). The molecular weight excluding hydrogens is 316 g/mol. The zero-order chi connectivity index (χ0) is 17.5. The van der Waals surface area contributed by atoms with Crippen LogP contribution >= 0.6 is 0 Å². The molecule has 0 saturated carbocycles. The first-order chi connectivity index (χ1) is 12.2. The van der Waals surface area contributed by atoms with Gasteiger partial charge >= 0.3 is 6.03 Å². The number of carbonyl (C=O) groups is 1. The predicted octanol–water partition coefficient (Wildman–Crippen LogP) is 3.16. The summed E-state index contributed by atoms with van der Waals surface area (Å²) >= 11 is 0. The van der Waals surface area contributed by atoms with Gasteiger partial charge in [0.25, 0.3) is 0 Å². The average molecular weight is 340 g/mol. The molecule has 1 aliphatic heterocycles. The fraction of sp³-hybridized carbons (Fsp3) is 0.350. The number of likely N-dealkylation sites (N-methyl/N-ethyl adjacent to an activating group) is 1. The standard InChI is InChI=1S/C20H24N2O3/c1-22(14-19-15-24-10-11-25-19)20(23)21-18-9-5-8-17(13-18)12-16-6-3-2-4-7-16/h2-9,13,19H,10-12,14-15H2,1H3,(H,21,23). The maximum absolute atomic E-state index is 12.4. The fourth-order valence-corrected chi connectivity index (χ4v) is 2.84. The summed E-state index contributed by atoms with van der Waals surface area (Å²) in [5, 5.41) is 2.95. The van der Waals surface area contributed by atoms with Gasteiger partial charge in [0.05, 0.1) is 32.5 Å². The number of hydrogen-bond donors (Lipinski definition) is 1. The van der Waals surface area contributed by atoms with Crippen LogP contribution < -0.4 is 5.32 Å². The molecule has 0 radical (unpaired) electrons. The van der Waals surface area contributed by atoms with Crippen LogP contribution in [0.25, 0.3) is 0 Å². The highest BCUT2D eigenvalue weighted by molar-refractivity contribution is 5.89. The van der Waals surface area contributed by atoms with Crippen molar-refractivity contribution in [2.75, 3.05) is 38.7 Å². The van der Waals surface area contributed by atoms with Crippen LogP contribution in [-0.2, 0) is 15.9 Å². The van der Waals surface area contributed by atoms with E-state index in [1.165, 1.54) is 5.56 Å². The van der Waals surface area contributed by atoms with Crippen molar-refractivity contribution < 1.29 is 14.3 Å². The Bertz CT molecular complexity index is 684. The summed E-state index contributed by atoms with van der Waals surface area (Å²) in [5.41, 5.74) is 3.21. The van der Waals surface area contributed by atoms with E-state index in [0.717, 1.165) is 17.7 Å². The Kier molecular flexibility index (Phi) is 6.04. The highest BCUT2D eigenvalue weighted by Crippen LogP contribution is 2.15. The van der Waals surface area contributed by atoms with Crippen molar-refractivity contribution in [1.29, 1.82) is 0 Å². The molecular formula is C20H24N2O3. The minimum absolute atomic E-state index is 0.0612. The number of benzene rings is 2. The lowest BCUT2D eigenvalue weighted by Crippen LogP contribution is -2.42. The van der Waals surface area contributed by atoms with E-state index in [2.05, 4.69) is 23.5 Å². The smallest absolute Gasteiger partial charge is 0.321 e. The number of urea groups is 1. The third-order valence-corrected chi connectivity index (χ3v) is 4.14. The molecule has 5 nitrogen and oxygen atoms in total. The Labute approximate surface area is 148 Å². The Hall–Kier alpha value is -2.37. The minimum Gasteiger partial charge on any atom is -0.376 e. The van der Waals surface area contributed by atoms with E-state index in [1.807, 2.05) is 36.4 Å². The summed E-state index contributed by atoms with van der Waals surface area (Å²) in [6.45, 7) is 2.25. The van der Waals surface area contributed by atoms with Crippen LogP contribution in [0.4, 0.5) is 10.5 Å². The lowest BCUT2D eigenvalue weighted by molar-refractivity contribution is -0.0925. The van der Waals surface area contributed by atoms with Crippen molar-refractivity contribution in [3.05, 3.63) is 65.7 Å². The summed E-state index contributed by atoms with van der Waals surface area (Å²) in [4.78, 5) is 14.0. The van der Waals surface area contributed by atoms with Crippen molar-refractivity contribution in [1.82, 2.24) is 4.90 Å². The Morgan fingerprint density at radius 2 is 1.92 bits per heavy atom. The van der Waals surface area contributed by atoms with Crippen LogP contribution in [0.5, 0.6) is 0 Å². The molecule has 1 fully saturated rings. The molecule has 1 N–H and O–H groups in total. The lowest BCUT2D eigenvalue weighted by atomic mass is 10.0. The molecule has 2 aromatic carbocycles. The van der Waals surface area contributed by atoms with Gasteiger partial charge < -0.3 is 19.7 Å². The Morgan fingerprint density at radius 3 is 2.68 bits per heavy atom. The molecule has 1 heterocycles. The van der Waals surface area contributed by atoms with Gasteiger partial charge in [-0.15, -0.1) is 0 Å². The van der Waals surface area contributed by atoms with E-state index in [1.54, 1.807) is 11.9 Å². The number of ether oxygens (including phenoxy) is 2. The molecule has 0 aliphatic carbocycles. The van der Waals surface area contributed by atoms with Crippen molar-refractivity contribution >= 4 is 11.7 Å². The number of hydrogen-bond acceptors (Lipinski definition) is 3. The molecule has 0 spiro atoms. The van der Waals surface area contributed by atoms with Gasteiger partial charge in [0, 0.05) is 12.7 Å². The highest BCUT2D eigenvalue weighted by Gasteiger charge is 2.19. The van der Waals surface area contributed by atoms with Gasteiger partial charge in [0.15, 0.2) is 0 Å². The summed E-state index contributed by atoms with van der Waals surface area (Å²) in [6.07, 6.45) is 0.780. The Morgan fingerprint density at radius 1 is 1.12 bits per heavy atom. The molecule has 1 unspecified atom stereocenters. The van der Waals surface area contributed by atoms with E-state index in [-0.39, 0.29) is 12.1 Å². The highest BCUT2D eigenvalue weighted by atomic mass is 16.6. The molecule has 132 valence electrons. The second-order valence-electron chi connectivity index (χ2n) is 6.24. The summed E-state index contributed by atoms with van der Waals surface area (Å²) < 4.78 is 11.0. The van der Waals surface area contributed by atoms with Gasteiger partial charge in [-0.3, -0.25) is 0 Å². The maximum Gasteiger partial charge on any atom is 0.321 e. The summed E-state index contributed by atoms with van der Waals surface area (Å²) in [7, 11) is 1.76. The van der Waals surface area contributed by atoms with Gasteiger partial charge in [-0.05, 0) is 29.7 Å². The van der Waals surface area contributed by atoms with Gasteiger partial charge in [0.1, 0.15) is 0 Å². The molecule has 2 aromatic rings. The molecule has 1 atom stereocenters. The van der Waals surface area contributed by atoms with Crippen LogP contribution in [0.2, 0.25) is 0 Å². The molecule has 0 aromatic heterocycles. The first-order valence-electron chi connectivity index (χ1n) is 8.55. The predicted molar refractivity (Wildman–Crippen MR) is 97.9 cm³/mol. The van der Waals surface area contributed by atoms with Crippen molar-refractivity contribution in [2.24, 2.45) is 0 Å². The molecule has 2 amide bonds. The molecule has 1 saturated heterocycles. The van der Waals surface area contributed by atoms with Crippen molar-refractivity contribution in [2.45, 2.75) is 12.5 Å². The first-order valence-corrected chi connectivity index (χ1v) is 8.55. The van der Waals surface area contributed by atoms with Gasteiger partial charge in [-0.1, -0.05) is 42.5 Å². The summed E-state index contributed by atoms with van der Waals surface area (Å²) in [5.74, 6) is 0. The van der Waals surface area contributed by atoms with Gasteiger partial charge in [0.2, 0.25) is 0 Å². The largest absolute Gasteiger partial charge is 0.376 e. The molecule has 25 heavy (non-hydrogen) atoms. The second-order valence-corrected chi connectivity index (χ2v) is 6.24. The number of anilines is 1. The van der Waals surface area contributed by atoms with Crippen molar-refractivity contribution in [3.8, 4) is 0 Å². The molecule has 1 aliphatic rings. The SMILES string of the molecule is CN(CC1COCCO1)C(=O)Nc1cccc(Cc2ccccc2)c1. The fourth-order valence-electron chi connectivity index (χ4n) is 2.84. The second kappa shape index (κ2) is 8.65. The number of nitrogens with zero attached hydrogens (tertiary/aromatic N) is 1. The maximum atomic E-state index is 12.4. The van der Waals surface area contributed by atoms with E-state index in [4.69, 9.17) is 9.47 Å². The number of nitrogens with one attached hydrogen (secondary N) is 1. The van der Waals surface area contributed by atoms with Crippen LogP contribution in [0, 0.1) is 0 Å². The van der Waals surface area contributed by atoms with Crippen LogP contribution in [0.3, 0.4) is 0 Å². The van der Waals surface area contributed by atoms with Crippen LogP contribution in [-0.4, -0.2) is 50.4 Å². The van der Waals surface area contributed by atoms with E-state index < -0.39 is 0 Å². The van der Waals surface area contributed by atoms with E-state index in [0.29, 0.717) is 26.4 Å². The normalized spacial score (nSPS) is 17.1. The number of carbonyl (C=O) groups excluding carboxylic acids is 1. The third-order valence-electron chi connectivity index (χ3n) is 4.14. The zero-order valence-electron chi connectivity index (χ0n) is 14.5.